The zero-order valence-electron chi connectivity index (χ0n) is 34.3. The number of fused-ring (bicyclic) bond motifs is 2. The van der Waals surface area contributed by atoms with Gasteiger partial charge in [0.2, 0.25) is 11.9 Å². The van der Waals surface area contributed by atoms with Crippen molar-refractivity contribution >= 4 is 58.5 Å². The maximum Gasteiger partial charge on any atom is 0.241 e. The number of benzene rings is 5. The number of hydrogen-bond donors (Lipinski definition) is 1. The topological polar surface area (TPSA) is 96.5 Å². The largest absolute Gasteiger partial charge is 0.494 e. The predicted octanol–water partition coefficient (Wildman–Crippen LogP) is 10.4. The fourth-order valence-electron chi connectivity index (χ4n) is 8.99. The van der Waals surface area contributed by atoms with Gasteiger partial charge in [-0.3, -0.25) is 9.91 Å². The molecule has 0 bridgehead atoms. The molecule has 2 atom stereocenters. The van der Waals surface area contributed by atoms with E-state index in [1.54, 1.807) is 29.3 Å². The maximum atomic E-state index is 15.4. The number of piperidine rings is 2. The van der Waals surface area contributed by atoms with Crippen LogP contribution in [0.2, 0.25) is 0 Å². The molecule has 0 aliphatic carbocycles. The van der Waals surface area contributed by atoms with Gasteiger partial charge in [0.25, 0.3) is 0 Å². The van der Waals surface area contributed by atoms with Crippen LogP contribution < -0.4 is 20.5 Å². The Hall–Kier alpha value is -5.46. The fourth-order valence-corrected chi connectivity index (χ4v) is 8.99. The van der Waals surface area contributed by atoms with Crippen LogP contribution in [-0.2, 0) is 6.54 Å². The van der Waals surface area contributed by atoms with Crippen molar-refractivity contribution in [2.45, 2.75) is 58.2 Å². The first-order valence-corrected chi connectivity index (χ1v) is 20.6. The molecule has 61 heavy (non-hydrogen) atoms. The van der Waals surface area contributed by atoms with Crippen LogP contribution in [0.1, 0.15) is 43.7 Å². The number of aromatic nitrogens is 4. The molecule has 2 fully saturated rings. The molecule has 13 heteroatoms. The number of para-hydroxylation sites is 2. The lowest BCUT2D eigenvalue weighted by Crippen LogP contribution is -2.56. The van der Waals surface area contributed by atoms with Gasteiger partial charge in [-0.1, -0.05) is 72.8 Å². The Morgan fingerprint density at radius 3 is 1.93 bits per heavy atom. The number of rotatable bonds is 10. The molecule has 2 unspecified atom stereocenters. The van der Waals surface area contributed by atoms with Gasteiger partial charge in [0.15, 0.2) is 0 Å². The molecular weight excluding hydrogens is 813 g/mol. The van der Waals surface area contributed by atoms with E-state index < -0.39 is 0 Å². The average Bonchev–Trinajstić information content (AvgIpc) is 3.27. The van der Waals surface area contributed by atoms with Gasteiger partial charge in [-0.2, -0.15) is 0 Å². The number of nitrogens with two attached hydrogens (primary N) is 1. The molecule has 2 saturated heterocycles. The number of hydrazine groups is 1. The molecular formula is C48H50Cl2F2N8O. The smallest absolute Gasteiger partial charge is 0.241 e. The lowest BCUT2D eigenvalue weighted by molar-refractivity contribution is 0.148. The van der Waals surface area contributed by atoms with Crippen LogP contribution >= 0.6 is 24.8 Å². The summed E-state index contributed by atoms with van der Waals surface area (Å²) >= 11 is 0. The van der Waals surface area contributed by atoms with Crippen LogP contribution in [0.5, 0.6) is 5.75 Å². The van der Waals surface area contributed by atoms with E-state index in [-0.39, 0.29) is 48.5 Å². The van der Waals surface area contributed by atoms with E-state index in [2.05, 4.69) is 34.9 Å². The minimum atomic E-state index is -0.354. The summed E-state index contributed by atoms with van der Waals surface area (Å²) in [7, 11) is 0. The molecule has 4 heterocycles. The molecule has 2 aliphatic rings. The maximum absolute atomic E-state index is 15.4. The van der Waals surface area contributed by atoms with Crippen LogP contribution in [0.4, 0.5) is 20.7 Å². The quantitative estimate of drug-likeness (QED) is 0.107. The van der Waals surface area contributed by atoms with Crippen LogP contribution in [0.25, 0.3) is 44.3 Å². The second kappa shape index (κ2) is 19.1. The van der Waals surface area contributed by atoms with Gasteiger partial charge in [-0.15, -0.1) is 24.8 Å². The Labute approximate surface area is 367 Å². The van der Waals surface area contributed by atoms with Crippen molar-refractivity contribution in [1.29, 1.82) is 0 Å². The summed E-state index contributed by atoms with van der Waals surface area (Å²) in [6.45, 7) is 8.07. The highest BCUT2D eigenvalue weighted by Crippen LogP contribution is 2.38. The Bertz CT molecular complexity index is 2630. The van der Waals surface area contributed by atoms with Crippen molar-refractivity contribution < 1.29 is 13.5 Å². The zero-order valence-corrected chi connectivity index (χ0v) is 35.9. The average molecular weight is 864 g/mol. The molecule has 0 saturated carbocycles. The summed E-state index contributed by atoms with van der Waals surface area (Å²) in [4.78, 5) is 25.0. The van der Waals surface area contributed by atoms with Gasteiger partial charge in [0.1, 0.15) is 17.4 Å². The zero-order chi connectivity index (χ0) is 40.5. The van der Waals surface area contributed by atoms with E-state index in [1.807, 2.05) is 67.6 Å². The lowest BCUT2D eigenvalue weighted by Gasteiger charge is -2.47. The molecule has 7 aromatic rings. The molecule has 0 radical (unpaired) electrons. The Balaban J connectivity index is 0.00000281. The predicted molar refractivity (Wildman–Crippen MR) is 246 cm³/mol. The summed E-state index contributed by atoms with van der Waals surface area (Å²) < 4.78 is 36.6. The molecule has 0 amide bonds. The Morgan fingerprint density at radius 2 is 1.30 bits per heavy atom. The second-order valence-electron chi connectivity index (χ2n) is 15.7. The standard InChI is InChI=1S/C48H48F2N8O.2ClH/c1-3-59-44-28-32(21-20-31(44)2)30-56-25-22-33(23-26-56)43-29-34(58(51)48-53-42-19-11-7-15-38(42)46(55-48)36-13-5-9-17-40(36)50)24-27-57(43)47-52-41-18-10-6-14-37(41)45(54-47)35-12-4-8-16-39(35)49;;/h4-21,28,33-34,43H,3,22-27,29-30,51H2,1-2H3;2*1H. The Morgan fingerprint density at radius 1 is 0.705 bits per heavy atom. The highest BCUT2D eigenvalue weighted by atomic mass is 35.5. The molecule has 2 aromatic heterocycles. The van der Waals surface area contributed by atoms with E-state index in [9.17, 15) is 0 Å². The molecule has 9 rings (SSSR count). The summed E-state index contributed by atoms with van der Waals surface area (Å²) in [6.07, 6.45) is 3.33. The molecule has 5 aromatic carbocycles. The normalized spacial score (nSPS) is 17.2. The number of halogens is 4. The molecule has 316 valence electrons. The van der Waals surface area contributed by atoms with Gasteiger partial charge in [0.05, 0.1) is 35.1 Å². The van der Waals surface area contributed by atoms with Crippen molar-refractivity contribution in [1.82, 2.24) is 24.8 Å². The number of aryl methyl sites for hydroxylation is 1. The van der Waals surface area contributed by atoms with E-state index in [4.69, 9.17) is 30.5 Å². The van der Waals surface area contributed by atoms with Crippen molar-refractivity contribution in [2.75, 3.05) is 36.1 Å². The monoisotopic (exact) mass is 862 g/mol. The van der Waals surface area contributed by atoms with Crippen LogP contribution in [0.3, 0.4) is 0 Å². The third-order valence-electron chi connectivity index (χ3n) is 12.1. The van der Waals surface area contributed by atoms with E-state index in [1.165, 1.54) is 17.7 Å². The first kappa shape index (κ1) is 43.6. The van der Waals surface area contributed by atoms with Crippen LogP contribution in [0, 0.1) is 24.5 Å². The minimum Gasteiger partial charge on any atom is -0.494 e. The fraction of sp³-hybridized carbons (Fsp3) is 0.292. The van der Waals surface area contributed by atoms with Gasteiger partial charge in [-0.25, -0.2) is 34.6 Å². The van der Waals surface area contributed by atoms with E-state index in [0.717, 1.165) is 60.1 Å². The highest BCUT2D eigenvalue weighted by molar-refractivity contribution is 5.94. The second-order valence-corrected chi connectivity index (χ2v) is 15.7. The number of nitrogens with zero attached hydrogens (tertiary/aromatic N) is 7. The van der Waals surface area contributed by atoms with Gasteiger partial charge >= 0.3 is 0 Å². The number of likely N-dealkylation sites (tertiary alicyclic amines) is 1. The summed E-state index contributed by atoms with van der Waals surface area (Å²) in [6, 6.07) is 35.4. The van der Waals surface area contributed by atoms with Crippen molar-refractivity contribution in [3.63, 3.8) is 0 Å². The first-order chi connectivity index (χ1) is 28.8. The Kier molecular flexibility index (Phi) is 13.6. The van der Waals surface area contributed by atoms with Gasteiger partial charge in [-0.05, 0) is 112 Å². The number of anilines is 2. The molecule has 2 N–H and O–H groups in total. The molecule has 2 aliphatic heterocycles. The summed E-state index contributed by atoms with van der Waals surface area (Å²) in [5.74, 6) is 8.57. The first-order valence-electron chi connectivity index (χ1n) is 20.6. The van der Waals surface area contributed by atoms with Crippen molar-refractivity contribution in [3.8, 4) is 28.3 Å². The van der Waals surface area contributed by atoms with Crippen molar-refractivity contribution in [2.24, 2.45) is 11.8 Å². The van der Waals surface area contributed by atoms with Crippen LogP contribution in [-0.4, -0.2) is 63.2 Å². The number of hydrogen-bond acceptors (Lipinski definition) is 9. The molecule has 9 nitrogen and oxygen atoms in total. The highest BCUT2D eigenvalue weighted by Gasteiger charge is 2.39. The number of ether oxygens (including phenoxy) is 1. The van der Waals surface area contributed by atoms with Gasteiger partial charge in [0, 0.05) is 41.0 Å². The van der Waals surface area contributed by atoms with Gasteiger partial charge < -0.3 is 9.64 Å². The summed E-state index contributed by atoms with van der Waals surface area (Å²) in [5.41, 5.74) is 5.78. The minimum absolute atomic E-state index is 0. The van der Waals surface area contributed by atoms with E-state index >= 15 is 8.78 Å². The lowest BCUT2D eigenvalue weighted by atomic mass is 9.82. The van der Waals surface area contributed by atoms with E-state index in [0.29, 0.717) is 71.8 Å². The third-order valence-corrected chi connectivity index (χ3v) is 12.1. The summed E-state index contributed by atoms with van der Waals surface area (Å²) in [5, 5.41) is 3.25. The third kappa shape index (κ3) is 8.97. The van der Waals surface area contributed by atoms with Crippen LogP contribution in [0.15, 0.2) is 115 Å². The SMILES string of the molecule is CCOc1cc(CN2CCC(C3CC(N(N)c4nc(-c5ccccc5F)c5ccccc5n4)CCN3c3nc(-c4ccccc4F)c4ccccc4n3)CC2)ccc1C.Cl.Cl. The molecule has 0 spiro atoms. The van der Waals surface area contributed by atoms with Crippen molar-refractivity contribution in [3.05, 3.63) is 138 Å².